The topological polar surface area (TPSA) is 66.4 Å². The van der Waals surface area contributed by atoms with E-state index >= 15 is 0 Å². The first kappa shape index (κ1) is 12.7. The van der Waals surface area contributed by atoms with Gasteiger partial charge in [-0.25, -0.2) is 9.97 Å². The number of anilines is 1. The molecule has 1 aliphatic carbocycles. The zero-order valence-electron chi connectivity index (χ0n) is 11.8. The third-order valence-electron chi connectivity index (χ3n) is 4.81. The Kier molecular flexibility index (Phi) is 2.90. The van der Waals surface area contributed by atoms with Crippen LogP contribution in [-0.4, -0.2) is 46.3 Å². The van der Waals surface area contributed by atoms with Crippen LogP contribution in [0.2, 0.25) is 0 Å². The summed E-state index contributed by atoms with van der Waals surface area (Å²) < 4.78 is 0. The molecule has 1 saturated carbocycles. The summed E-state index contributed by atoms with van der Waals surface area (Å²) in [5.41, 5.74) is 0.757. The fraction of sp³-hybridized carbons (Fsp3) is 0.600. The van der Waals surface area contributed by atoms with E-state index < -0.39 is 0 Å². The van der Waals surface area contributed by atoms with Crippen LogP contribution in [0, 0.1) is 17.8 Å². The molecule has 3 fully saturated rings. The van der Waals surface area contributed by atoms with E-state index in [1.165, 1.54) is 19.2 Å². The standard InChI is InChI=1S/C15H18N4O2/c20-14(3-10-1-2-10)18-6-11-7-19(15(21)13(11)8-18)12-4-16-9-17-5-12/h4-5,9-11,13H,1-3,6-8H2/t11-,13-/m0/s1. The van der Waals surface area contributed by atoms with E-state index in [2.05, 4.69) is 9.97 Å². The van der Waals surface area contributed by atoms with Crippen LogP contribution >= 0.6 is 0 Å². The number of nitrogens with zero attached hydrogens (tertiary/aromatic N) is 4. The Morgan fingerprint density at radius 1 is 1.19 bits per heavy atom. The molecule has 0 spiro atoms. The largest absolute Gasteiger partial charge is 0.342 e. The number of carbonyl (C=O) groups excluding carboxylic acids is 2. The zero-order chi connectivity index (χ0) is 14.4. The molecule has 0 bridgehead atoms. The number of hydrogen-bond donors (Lipinski definition) is 0. The number of aromatic nitrogens is 2. The molecular weight excluding hydrogens is 268 g/mol. The Morgan fingerprint density at radius 2 is 1.95 bits per heavy atom. The van der Waals surface area contributed by atoms with Gasteiger partial charge in [0.15, 0.2) is 0 Å². The van der Waals surface area contributed by atoms with Crippen LogP contribution in [0.5, 0.6) is 0 Å². The molecule has 1 aromatic heterocycles. The van der Waals surface area contributed by atoms with Crippen LogP contribution in [0.1, 0.15) is 19.3 Å². The summed E-state index contributed by atoms with van der Waals surface area (Å²) in [6.45, 7) is 1.97. The van der Waals surface area contributed by atoms with Crippen molar-refractivity contribution in [1.82, 2.24) is 14.9 Å². The average molecular weight is 286 g/mol. The molecule has 4 rings (SSSR count). The Morgan fingerprint density at radius 3 is 2.62 bits per heavy atom. The third kappa shape index (κ3) is 2.28. The van der Waals surface area contributed by atoms with Crippen molar-refractivity contribution in [2.24, 2.45) is 17.8 Å². The van der Waals surface area contributed by atoms with Crippen LogP contribution in [0.3, 0.4) is 0 Å². The highest BCUT2D eigenvalue weighted by atomic mass is 16.2. The lowest BCUT2D eigenvalue weighted by molar-refractivity contribution is -0.131. The average Bonchev–Trinajstić information content (AvgIpc) is 3.12. The van der Waals surface area contributed by atoms with Crippen LogP contribution in [0.15, 0.2) is 18.7 Å². The highest BCUT2D eigenvalue weighted by molar-refractivity contribution is 5.98. The monoisotopic (exact) mass is 286 g/mol. The Bertz CT molecular complexity index is 572. The molecule has 0 radical (unpaired) electrons. The summed E-state index contributed by atoms with van der Waals surface area (Å²) in [4.78, 5) is 36.3. The Hall–Kier alpha value is -1.98. The second-order valence-corrected chi connectivity index (χ2v) is 6.36. The van der Waals surface area contributed by atoms with Crippen LogP contribution in [0.25, 0.3) is 0 Å². The number of fused-ring (bicyclic) bond motifs is 1. The van der Waals surface area contributed by atoms with Crippen LogP contribution in [0.4, 0.5) is 5.69 Å². The molecule has 2 aliphatic heterocycles. The molecule has 110 valence electrons. The van der Waals surface area contributed by atoms with Crippen molar-refractivity contribution < 1.29 is 9.59 Å². The van der Waals surface area contributed by atoms with E-state index in [9.17, 15) is 9.59 Å². The van der Waals surface area contributed by atoms with Crippen molar-refractivity contribution in [3.8, 4) is 0 Å². The summed E-state index contributed by atoms with van der Waals surface area (Å²) in [5.74, 6) is 1.15. The summed E-state index contributed by atoms with van der Waals surface area (Å²) in [5, 5.41) is 0. The third-order valence-corrected chi connectivity index (χ3v) is 4.81. The lowest BCUT2D eigenvalue weighted by atomic mass is 10.0. The van der Waals surface area contributed by atoms with Gasteiger partial charge in [-0.05, 0) is 18.8 Å². The second-order valence-electron chi connectivity index (χ2n) is 6.36. The van der Waals surface area contributed by atoms with Gasteiger partial charge in [-0.2, -0.15) is 0 Å². The maximum Gasteiger partial charge on any atom is 0.232 e. The van der Waals surface area contributed by atoms with E-state index in [0.29, 0.717) is 32.0 Å². The second kappa shape index (κ2) is 4.79. The first-order valence-electron chi connectivity index (χ1n) is 7.56. The van der Waals surface area contributed by atoms with Gasteiger partial charge in [0, 0.05) is 32.0 Å². The van der Waals surface area contributed by atoms with Crippen molar-refractivity contribution in [2.75, 3.05) is 24.5 Å². The van der Waals surface area contributed by atoms with E-state index in [4.69, 9.17) is 0 Å². The maximum atomic E-state index is 12.5. The first-order chi connectivity index (χ1) is 10.2. The van der Waals surface area contributed by atoms with E-state index in [1.54, 1.807) is 17.3 Å². The van der Waals surface area contributed by atoms with Gasteiger partial charge in [0.25, 0.3) is 0 Å². The minimum Gasteiger partial charge on any atom is -0.342 e. The minimum absolute atomic E-state index is 0.0478. The van der Waals surface area contributed by atoms with Crippen molar-refractivity contribution in [3.05, 3.63) is 18.7 Å². The summed E-state index contributed by atoms with van der Waals surface area (Å²) in [7, 11) is 0. The normalized spacial score (nSPS) is 28.1. The lowest BCUT2D eigenvalue weighted by Gasteiger charge is -2.21. The fourth-order valence-corrected chi connectivity index (χ4v) is 3.43. The van der Waals surface area contributed by atoms with Gasteiger partial charge in [0.2, 0.25) is 11.8 Å². The van der Waals surface area contributed by atoms with Crippen molar-refractivity contribution in [1.29, 1.82) is 0 Å². The van der Waals surface area contributed by atoms with Crippen molar-refractivity contribution in [3.63, 3.8) is 0 Å². The molecule has 6 nitrogen and oxygen atoms in total. The first-order valence-corrected chi connectivity index (χ1v) is 7.56. The molecule has 1 aromatic rings. The van der Waals surface area contributed by atoms with Gasteiger partial charge >= 0.3 is 0 Å². The SMILES string of the molecule is O=C(CC1CC1)N1C[C@H]2CN(c3cncnc3)C(=O)[C@H]2C1. The molecule has 0 aromatic carbocycles. The fourth-order valence-electron chi connectivity index (χ4n) is 3.43. The summed E-state index contributed by atoms with van der Waals surface area (Å²) in [6.07, 6.45) is 7.84. The number of rotatable bonds is 3. The van der Waals surface area contributed by atoms with E-state index in [0.717, 1.165) is 5.69 Å². The van der Waals surface area contributed by atoms with Gasteiger partial charge in [0.1, 0.15) is 6.33 Å². The van der Waals surface area contributed by atoms with Gasteiger partial charge in [-0.3, -0.25) is 9.59 Å². The van der Waals surface area contributed by atoms with Crippen molar-refractivity contribution >= 4 is 17.5 Å². The molecule has 0 N–H and O–H groups in total. The lowest BCUT2D eigenvalue weighted by Crippen LogP contribution is -2.35. The summed E-state index contributed by atoms with van der Waals surface area (Å²) >= 11 is 0. The highest BCUT2D eigenvalue weighted by Gasteiger charge is 2.48. The van der Waals surface area contributed by atoms with Crippen LogP contribution in [-0.2, 0) is 9.59 Å². The molecule has 6 heteroatoms. The zero-order valence-corrected chi connectivity index (χ0v) is 11.8. The minimum atomic E-state index is -0.0478. The van der Waals surface area contributed by atoms with Crippen molar-refractivity contribution in [2.45, 2.75) is 19.3 Å². The highest BCUT2D eigenvalue weighted by Crippen LogP contribution is 2.37. The molecule has 0 unspecified atom stereocenters. The molecule has 21 heavy (non-hydrogen) atoms. The number of amides is 2. The number of likely N-dealkylation sites (tertiary alicyclic amines) is 1. The maximum absolute atomic E-state index is 12.5. The van der Waals surface area contributed by atoms with Crippen LogP contribution < -0.4 is 4.90 Å². The molecule has 3 aliphatic rings. The molecular formula is C15H18N4O2. The van der Waals surface area contributed by atoms with E-state index in [-0.39, 0.29) is 23.7 Å². The van der Waals surface area contributed by atoms with Gasteiger partial charge in [0.05, 0.1) is 24.0 Å². The Labute approximate surface area is 123 Å². The Balaban J connectivity index is 1.43. The summed E-state index contributed by atoms with van der Waals surface area (Å²) in [6, 6.07) is 0. The smallest absolute Gasteiger partial charge is 0.232 e. The predicted molar refractivity (Wildman–Crippen MR) is 75.3 cm³/mol. The number of carbonyl (C=O) groups is 2. The quantitative estimate of drug-likeness (QED) is 0.820. The van der Waals surface area contributed by atoms with E-state index in [1.807, 2.05) is 4.90 Å². The molecule has 2 amide bonds. The van der Waals surface area contributed by atoms with Gasteiger partial charge in [-0.15, -0.1) is 0 Å². The molecule has 3 heterocycles. The molecule has 2 saturated heterocycles. The van der Waals surface area contributed by atoms with Gasteiger partial charge < -0.3 is 9.80 Å². The molecule has 2 atom stereocenters. The predicted octanol–water partition coefficient (Wildman–Crippen LogP) is 0.698. The number of hydrogen-bond acceptors (Lipinski definition) is 4. The van der Waals surface area contributed by atoms with Gasteiger partial charge in [-0.1, -0.05) is 0 Å².